The van der Waals surface area contributed by atoms with Crippen LogP contribution in [0.4, 0.5) is 19.0 Å². The molecule has 9 nitrogen and oxygen atoms in total. The Labute approximate surface area is 235 Å². The molecule has 4 aromatic rings. The number of nitrogens with one attached hydrogen (secondary N) is 2. The first-order chi connectivity index (χ1) is 19.7. The molecule has 12 heteroatoms. The average molecular weight is 565 g/mol. The van der Waals surface area contributed by atoms with Crippen molar-refractivity contribution in [3.63, 3.8) is 0 Å². The van der Waals surface area contributed by atoms with Gasteiger partial charge in [-0.3, -0.25) is 0 Å². The third-order valence-corrected chi connectivity index (χ3v) is 7.74. The SMILES string of the molecule is CNC1CCc2nc(-c3c(OC)ncnc3C3CC3)nc(NCc3ccc(-c4nc(C(F)(F)F)cn4C)cc3)c2C1. The summed E-state index contributed by atoms with van der Waals surface area (Å²) >= 11 is 0. The molecule has 3 aromatic heterocycles. The van der Waals surface area contributed by atoms with Crippen LogP contribution in [-0.2, 0) is 32.6 Å². The molecule has 0 spiro atoms. The zero-order valence-corrected chi connectivity index (χ0v) is 23.1. The predicted octanol–water partition coefficient (Wildman–Crippen LogP) is 4.93. The summed E-state index contributed by atoms with van der Waals surface area (Å²) in [5.74, 6) is 2.39. The van der Waals surface area contributed by atoms with Crippen molar-refractivity contribution in [2.24, 2.45) is 7.05 Å². The Morgan fingerprint density at radius 1 is 1.05 bits per heavy atom. The lowest BCUT2D eigenvalue weighted by Gasteiger charge is -2.26. The first-order valence-corrected chi connectivity index (χ1v) is 13.6. The number of ether oxygens (including phenoxy) is 1. The highest BCUT2D eigenvalue weighted by molar-refractivity contribution is 5.68. The largest absolute Gasteiger partial charge is 0.480 e. The van der Waals surface area contributed by atoms with Gasteiger partial charge in [-0.2, -0.15) is 13.2 Å². The molecule has 0 bridgehead atoms. The second-order valence-electron chi connectivity index (χ2n) is 10.6. The number of rotatable bonds is 8. The van der Waals surface area contributed by atoms with Gasteiger partial charge in [-0.25, -0.2) is 24.9 Å². The molecule has 214 valence electrons. The zero-order chi connectivity index (χ0) is 28.7. The van der Waals surface area contributed by atoms with E-state index in [4.69, 9.17) is 14.7 Å². The highest BCUT2D eigenvalue weighted by Gasteiger charge is 2.35. The van der Waals surface area contributed by atoms with E-state index in [1.165, 1.54) is 10.9 Å². The van der Waals surface area contributed by atoms with Crippen molar-refractivity contribution in [1.82, 2.24) is 34.8 Å². The van der Waals surface area contributed by atoms with Gasteiger partial charge in [0.15, 0.2) is 11.5 Å². The van der Waals surface area contributed by atoms with Crippen LogP contribution in [0, 0.1) is 0 Å². The zero-order valence-electron chi connectivity index (χ0n) is 23.1. The quantitative estimate of drug-likeness (QED) is 0.311. The first-order valence-electron chi connectivity index (χ1n) is 13.6. The molecule has 2 N–H and O–H groups in total. The van der Waals surface area contributed by atoms with Gasteiger partial charge in [0, 0.05) is 48.6 Å². The van der Waals surface area contributed by atoms with Crippen molar-refractivity contribution >= 4 is 5.82 Å². The van der Waals surface area contributed by atoms with Gasteiger partial charge >= 0.3 is 6.18 Å². The fourth-order valence-corrected chi connectivity index (χ4v) is 5.36. The minimum absolute atomic E-state index is 0.259. The van der Waals surface area contributed by atoms with E-state index >= 15 is 0 Å². The average Bonchev–Trinajstić information content (AvgIpc) is 3.75. The molecular formula is C29H31F3N8O. The van der Waals surface area contributed by atoms with Gasteiger partial charge in [0.05, 0.1) is 12.8 Å². The molecule has 6 rings (SSSR count). The summed E-state index contributed by atoms with van der Waals surface area (Å²) in [5, 5.41) is 6.89. The molecule has 3 heterocycles. The number of nitrogens with zero attached hydrogens (tertiary/aromatic N) is 6. The number of aryl methyl sites for hydroxylation is 2. The highest BCUT2D eigenvalue weighted by atomic mass is 19.4. The van der Waals surface area contributed by atoms with Crippen LogP contribution in [0.3, 0.4) is 0 Å². The fourth-order valence-electron chi connectivity index (χ4n) is 5.36. The molecule has 1 aromatic carbocycles. The van der Waals surface area contributed by atoms with Gasteiger partial charge in [-0.1, -0.05) is 24.3 Å². The van der Waals surface area contributed by atoms with E-state index in [0.717, 1.165) is 72.2 Å². The van der Waals surface area contributed by atoms with E-state index in [2.05, 4.69) is 25.6 Å². The minimum atomic E-state index is -4.49. The smallest absolute Gasteiger partial charge is 0.434 e. The monoisotopic (exact) mass is 564 g/mol. The number of alkyl halides is 3. The number of halogens is 3. The number of aromatic nitrogens is 6. The molecule has 0 amide bonds. The summed E-state index contributed by atoms with van der Waals surface area (Å²) in [5.41, 5.74) is 4.40. The highest BCUT2D eigenvalue weighted by Crippen LogP contribution is 2.45. The van der Waals surface area contributed by atoms with Crippen LogP contribution in [0.15, 0.2) is 36.8 Å². The second kappa shape index (κ2) is 10.7. The summed E-state index contributed by atoms with van der Waals surface area (Å²) in [6.45, 7) is 0.472. The second-order valence-corrected chi connectivity index (χ2v) is 10.6. The maximum Gasteiger partial charge on any atom is 0.434 e. The fraction of sp³-hybridized carbons (Fsp3) is 0.414. The van der Waals surface area contributed by atoms with Gasteiger partial charge in [-0.05, 0) is 44.7 Å². The van der Waals surface area contributed by atoms with Crippen LogP contribution in [0.5, 0.6) is 5.88 Å². The Morgan fingerprint density at radius 3 is 2.49 bits per heavy atom. The van der Waals surface area contributed by atoms with Crippen LogP contribution in [-0.4, -0.2) is 49.7 Å². The maximum atomic E-state index is 13.1. The molecule has 1 unspecified atom stereocenters. The topological polar surface area (TPSA) is 103 Å². The number of benzene rings is 1. The summed E-state index contributed by atoms with van der Waals surface area (Å²) in [7, 11) is 5.12. The number of hydrogen-bond acceptors (Lipinski definition) is 8. The first kappa shape index (κ1) is 27.1. The lowest BCUT2D eigenvalue weighted by molar-refractivity contribution is -0.140. The summed E-state index contributed by atoms with van der Waals surface area (Å²) in [4.78, 5) is 22.7. The lowest BCUT2D eigenvalue weighted by Crippen LogP contribution is -2.33. The van der Waals surface area contributed by atoms with Gasteiger partial charge in [0.1, 0.15) is 23.5 Å². The van der Waals surface area contributed by atoms with Crippen molar-refractivity contribution in [3.05, 3.63) is 65.0 Å². The number of fused-ring (bicyclic) bond motifs is 1. The summed E-state index contributed by atoms with van der Waals surface area (Å²) in [6.07, 6.45) is 2.77. The van der Waals surface area contributed by atoms with Gasteiger partial charge in [-0.15, -0.1) is 0 Å². The molecule has 1 saturated carbocycles. The van der Waals surface area contributed by atoms with E-state index in [-0.39, 0.29) is 5.82 Å². The predicted molar refractivity (Wildman–Crippen MR) is 147 cm³/mol. The number of imidazole rings is 1. The third kappa shape index (κ3) is 5.48. The number of methoxy groups -OCH3 is 1. The Hall–Kier alpha value is -4.06. The van der Waals surface area contributed by atoms with Gasteiger partial charge < -0.3 is 19.9 Å². The van der Waals surface area contributed by atoms with Crippen LogP contribution >= 0.6 is 0 Å². The number of anilines is 1. The van der Waals surface area contributed by atoms with Crippen LogP contribution in [0.25, 0.3) is 22.8 Å². The van der Waals surface area contributed by atoms with E-state index in [9.17, 15) is 13.2 Å². The van der Waals surface area contributed by atoms with Crippen molar-refractivity contribution in [2.45, 2.75) is 56.8 Å². The van der Waals surface area contributed by atoms with Crippen LogP contribution in [0.2, 0.25) is 0 Å². The van der Waals surface area contributed by atoms with E-state index < -0.39 is 11.9 Å². The minimum Gasteiger partial charge on any atom is -0.480 e. The molecule has 0 saturated heterocycles. The summed E-state index contributed by atoms with van der Waals surface area (Å²) < 4.78 is 46.4. The van der Waals surface area contributed by atoms with Crippen molar-refractivity contribution < 1.29 is 17.9 Å². The standard InChI is InChI=1S/C29H31F3N8O/c1-33-19-10-11-21-20(12-19)25(39-26(37-21)23-24(17-8-9-17)35-15-36-28(23)41-3)34-13-16-4-6-18(7-5-16)27-38-22(14-40(27)2)29(30,31)32/h4-7,14-15,17,19,33H,8-13H2,1-3H3,(H,34,37,39). The Bertz CT molecular complexity index is 1560. The third-order valence-electron chi connectivity index (χ3n) is 7.74. The molecule has 1 fully saturated rings. The number of hydrogen-bond donors (Lipinski definition) is 2. The Kier molecular flexibility index (Phi) is 7.10. The maximum absolute atomic E-state index is 13.1. The van der Waals surface area contributed by atoms with Crippen molar-refractivity contribution in [3.8, 4) is 28.7 Å². The van der Waals surface area contributed by atoms with Crippen LogP contribution in [0.1, 0.15) is 53.4 Å². The number of likely N-dealkylation sites (N-methyl/N-ethyl adjacent to an activating group) is 1. The Morgan fingerprint density at radius 2 is 1.83 bits per heavy atom. The van der Waals surface area contributed by atoms with Crippen LogP contribution < -0.4 is 15.4 Å². The van der Waals surface area contributed by atoms with E-state index in [1.54, 1.807) is 26.3 Å². The van der Waals surface area contributed by atoms with E-state index in [1.807, 2.05) is 19.2 Å². The normalized spacial score (nSPS) is 16.9. The molecule has 41 heavy (non-hydrogen) atoms. The van der Waals surface area contributed by atoms with Crippen molar-refractivity contribution in [2.75, 3.05) is 19.5 Å². The summed E-state index contributed by atoms with van der Waals surface area (Å²) in [6, 6.07) is 7.66. The lowest BCUT2D eigenvalue weighted by atomic mass is 9.91. The Balaban J connectivity index is 1.30. The van der Waals surface area contributed by atoms with Gasteiger partial charge in [0.2, 0.25) is 5.88 Å². The van der Waals surface area contributed by atoms with E-state index in [0.29, 0.717) is 35.8 Å². The molecular weight excluding hydrogens is 533 g/mol. The molecule has 2 aliphatic carbocycles. The van der Waals surface area contributed by atoms with Crippen molar-refractivity contribution in [1.29, 1.82) is 0 Å². The van der Waals surface area contributed by atoms with Gasteiger partial charge in [0.25, 0.3) is 0 Å². The molecule has 0 aliphatic heterocycles. The molecule has 0 radical (unpaired) electrons. The molecule has 1 atom stereocenters. The molecule has 2 aliphatic rings.